The maximum absolute atomic E-state index is 14.7. The molecule has 0 radical (unpaired) electrons. The molecule has 0 aromatic heterocycles. The van der Waals surface area contributed by atoms with E-state index in [-0.39, 0.29) is 60.6 Å². The number of carbonyl (C=O) groups excluding carboxylic acids is 4. The molecular weight excluding hydrogens is 697 g/mol. The Labute approximate surface area is 343 Å². The molecule has 10 unspecified atom stereocenters. The van der Waals surface area contributed by atoms with Crippen LogP contribution >= 0.6 is 0 Å². The van der Waals surface area contributed by atoms with Gasteiger partial charge >= 0.3 is 0 Å². The molecule has 4 saturated carbocycles. The number of carbonyl (C=O) groups is 4. The number of hydrogen-bond donors (Lipinski definition) is 4. The van der Waals surface area contributed by atoms with Crippen LogP contribution in [0.1, 0.15) is 220 Å². The minimum absolute atomic E-state index is 0.0406. The van der Waals surface area contributed by atoms with E-state index in [4.69, 9.17) is 0 Å². The van der Waals surface area contributed by atoms with Gasteiger partial charge in [0, 0.05) is 37.0 Å². The van der Waals surface area contributed by atoms with Crippen molar-refractivity contribution in [1.29, 1.82) is 0 Å². The summed E-state index contributed by atoms with van der Waals surface area (Å²) in [5.74, 6) is -0.123. The molecule has 56 heavy (non-hydrogen) atoms. The van der Waals surface area contributed by atoms with Gasteiger partial charge in [0.05, 0.1) is 11.8 Å². The third kappa shape index (κ3) is 16.6. The maximum Gasteiger partial charge on any atom is 0.224 e. The van der Waals surface area contributed by atoms with Gasteiger partial charge in [0.15, 0.2) is 0 Å². The van der Waals surface area contributed by atoms with Gasteiger partial charge in [-0.3, -0.25) is 19.2 Å². The molecule has 4 aliphatic carbocycles. The average Bonchev–Trinajstić information content (AvgIpc) is 3.19. The Balaban J connectivity index is 1.55. The molecule has 0 heterocycles. The highest BCUT2D eigenvalue weighted by Crippen LogP contribution is 2.33. The Bertz CT molecular complexity index is 1070. The number of unbranched alkanes of at least 4 members (excludes halogenated alkanes) is 4. The van der Waals surface area contributed by atoms with Gasteiger partial charge in [0.1, 0.15) is 0 Å². The van der Waals surface area contributed by atoms with E-state index in [9.17, 15) is 19.2 Å². The fraction of sp³-hybridized carbons (Fsp3) is 0.917. The van der Waals surface area contributed by atoms with Gasteiger partial charge in [-0.15, -0.1) is 0 Å². The lowest BCUT2D eigenvalue weighted by Gasteiger charge is -2.35. The maximum atomic E-state index is 14.7. The summed E-state index contributed by atoms with van der Waals surface area (Å²) < 4.78 is 0. The molecule has 322 valence electrons. The van der Waals surface area contributed by atoms with Crippen LogP contribution in [0.3, 0.4) is 0 Å². The van der Waals surface area contributed by atoms with E-state index in [1.807, 2.05) is 0 Å². The van der Waals surface area contributed by atoms with Crippen molar-refractivity contribution in [2.24, 2.45) is 35.5 Å². The molecular formula is C48H86N4O4. The predicted molar refractivity (Wildman–Crippen MR) is 230 cm³/mol. The summed E-state index contributed by atoms with van der Waals surface area (Å²) in [5, 5.41) is 13.4. The van der Waals surface area contributed by atoms with Crippen LogP contribution in [-0.4, -0.2) is 47.8 Å². The first kappa shape index (κ1) is 46.6. The quantitative estimate of drug-likeness (QED) is 0.0826. The number of amides is 4. The van der Waals surface area contributed by atoms with Gasteiger partial charge in [0.25, 0.3) is 0 Å². The van der Waals surface area contributed by atoms with Crippen LogP contribution < -0.4 is 21.3 Å². The van der Waals surface area contributed by atoms with Gasteiger partial charge in [-0.1, -0.05) is 156 Å². The van der Waals surface area contributed by atoms with Gasteiger partial charge < -0.3 is 21.3 Å². The van der Waals surface area contributed by atoms with Crippen LogP contribution in [0.2, 0.25) is 0 Å². The van der Waals surface area contributed by atoms with Crippen LogP contribution in [0.25, 0.3) is 0 Å². The minimum Gasteiger partial charge on any atom is -0.353 e. The Hall–Kier alpha value is -2.12. The summed E-state index contributed by atoms with van der Waals surface area (Å²) in [6.45, 7) is 8.93. The Morgan fingerprint density at radius 1 is 0.411 bits per heavy atom. The van der Waals surface area contributed by atoms with Crippen molar-refractivity contribution in [2.75, 3.05) is 0 Å². The standard InChI is InChI=1S/C48H86N4O4/c1-5-9-17-35-21-13-25-39(29-35)49-45(53)33-43(47(55)51-41-27-15-23-37(31-41)19-11-7-3)44(48(56)52-42-28-16-24-38(32-42)20-12-8-4)34-46(54)50-40-26-14-22-36(30-40)18-10-6-2/h35-44H,5-34H2,1-4H3,(H,49,53)(H,50,54)(H,51,55)(H,52,56). The highest BCUT2D eigenvalue weighted by Gasteiger charge is 2.40. The number of rotatable bonds is 23. The summed E-state index contributed by atoms with van der Waals surface area (Å²) >= 11 is 0. The molecule has 0 bridgehead atoms. The predicted octanol–water partition coefficient (Wildman–Crippen LogP) is 10.5. The Morgan fingerprint density at radius 3 is 0.946 bits per heavy atom. The van der Waals surface area contributed by atoms with E-state index >= 15 is 0 Å². The number of nitrogens with one attached hydrogen (secondary N) is 4. The minimum atomic E-state index is -0.903. The molecule has 10 atom stereocenters. The van der Waals surface area contributed by atoms with Crippen LogP contribution in [0, 0.1) is 35.5 Å². The van der Waals surface area contributed by atoms with E-state index in [0.29, 0.717) is 23.7 Å². The Kier molecular flexibility index (Phi) is 21.7. The van der Waals surface area contributed by atoms with E-state index in [1.165, 1.54) is 103 Å². The van der Waals surface area contributed by atoms with E-state index in [0.717, 1.165) is 77.0 Å². The van der Waals surface area contributed by atoms with Crippen molar-refractivity contribution in [2.45, 2.75) is 244 Å². The van der Waals surface area contributed by atoms with E-state index in [1.54, 1.807) is 0 Å². The third-order valence-corrected chi connectivity index (χ3v) is 14.4. The van der Waals surface area contributed by atoms with Crippen LogP contribution in [-0.2, 0) is 19.2 Å². The molecule has 4 fully saturated rings. The molecule has 4 rings (SSSR count). The molecule has 8 heteroatoms. The molecule has 0 aliphatic heterocycles. The van der Waals surface area contributed by atoms with E-state index in [2.05, 4.69) is 49.0 Å². The second-order valence-corrected chi connectivity index (χ2v) is 19.3. The van der Waals surface area contributed by atoms with Crippen molar-refractivity contribution in [1.82, 2.24) is 21.3 Å². The topological polar surface area (TPSA) is 116 Å². The molecule has 4 amide bonds. The summed E-state index contributed by atoms with van der Waals surface area (Å²) in [7, 11) is 0. The van der Waals surface area contributed by atoms with E-state index < -0.39 is 11.8 Å². The fourth-order valence-electron chi connectivity index (χ4n) is 11.1. The second kappa shape index (κ2) is 26.1. The Morgan fingerprint density at radius 2 is 0.679 bits per heavy atom. The normalized spacial score (nSPS) is 29.4. The molecule has 0 aromatic carbocycles. The molecule has 8 nitrogen and oxygen atoms in total. The first-order chi connectivity index (χ1) is 27.2. The SMILES string of the molecule is CCCCC1CCCC(NC(=O)CC(C(=O)NC2CCCC(CCCC)C2)C(CC(=O)NC2CCCC(CCCC)C2)C(=O)NC2CCCC(CCCC)C2)C1. The van der Waals surface area contributed by atoms with Crippen molar-refractivity contribution in [3.8, 4) is 0 Å². The first-order valence-corrected chi connectivity index (χ1v) is 24.4. The number of hydrogen-bond acceptors (Lipinski definition) is 4. The van der Waals surface area contributed by atoms with Crippen LogP contribution in [0.15, 0.2) is 0 Å². The highest BCUT2D eigenvalue weighted by molar-refractivity contribution is 5.94. The zero-order valence-electron chi connectivity index (χ0n) is 36.6. The zero-order chi connectivity index (χ0) is 40.1. The third-order valence-electron chi connectivity index (χ3n) is 14.4. The van der Waals surface area contributed by atoms with Crippen molar-refractivity contribution in [3.05, 3.63) is 0 Å². The van der Waals surface area contributed by atoms with Gasteiger partial charge in [-0.05, 0) is 75.0 Å². The molecule has 0 spiro atoms. The molecule has 0 aromatic rings. The highest BCUT2D eigenvalue weighted by atomic mass is 16.2. The largest absolute Gasteiger partial charge is 0.353 e. The molecule has 4 aliphatic rings. The zero-order valence-corrected chi connectivity index (χ0v) is 36.6. The van der Waals surface area contributed by atoms with Crippen molar-refractivity contribution in [3.63, 3.8) is 0 Å². The van der Waals surface area contributed by atoms with Gasteiger partial charge in [-0.2, -0.15) is 0 Å². The molecule has 4 N–H and O–H groups in total. The van der Waals surface area contributed by atoms with Crippen molar-refractivity contribution >= 4 is 23.6 Å². The molecule has 0 saturated heterocycles. The van der Waals surface area contributed by atoms with Gasteiger partial charge in [0.2, 0.25) is 23.6 Å². The summed E-state index contributed by atoms with van der Waals surface area (Å²) in [5.41, 5.74) is 0. The van der Waals surface area contributed by atoms with Gasteiger partial charge in [-0.25, -0.2) is 0 Å². The fourth-order valence-corrected chi connectivity index (χ4v) is 11.1. The second-order valence-electron chi connectivity index (χ2n) is 19.3. The lowest BCUT2D eigenvalue weighted by Crippen LogP contribution is -2.51. The lowest BCUT2D eigenvalue weighted by atomic mass is 9.79. The van der Waals surface area contributed by atoms with Crippen molar-refractivity contribution < 1.29 is 19.2 Å². The summed E-state index contributed by atoms with van der Waals surface area (Å²) in [6.07, 6.45) is 31.0. The first-order valence-electron chi connectivity index (χ1n) is 24.4. The van der Waals surface area contributed by atoms with Crippen LogP contribution in [0.5, 0.6) is 0 Å². The smallest absolute Gasteiger partial charge is 0.224 e. The lowest BCUT2D eigenvalue weighted by molar-refractivity contribution is -0.141. The van der Waals surface area contributed by atoms with Crippen LogP contribution in [0.4, 0.5) is 0 Å². The summed E-state index contributed by atoms with van der Waals surface area (Å²) in [6, 6.07) is 0.284. The monoisotopic (exact) mass is 783 g/mol. The summed E-state index contributed by atoms with van der Waals surface area (Å²) in [4.78, 5) is 57.4. The average molecular weight is 783 g/mol.